The van der Waals surface area contributed by atoms with Crippen LogP contribution in [0.15, 0.2) is 10.7 Å². The molecule has 0 bridgehead atoms. The Morgan fingerprint density at radius 1 is 1.39 bits per heavy atom. The van der Waals surface area contributed by atoms with Gasteiger partial charge in [-0.25, -0.2) is 4.68 Å². The van der Waals surface area contributed by atoms with Gasteiger partial charge in [0.05, 0.1) is 11.9 Å². The Morgan fingerprint density at radius 2 is 2.17 bits per heavy atom. The molecule has 0 aliphatic carbocycles. The van der Waals surface area contributed by atoms with Crippen molar-refractivity contribution in [1.29, 1.82) is 0 Å². The highest BCUT2D eigenvalue weighted by Crippen LogP contribution is 2.31. The van der Waals surface area contributed by atoms with E-state index in [1.54, 1.807) is 4.68 Å². The zero-order valence-electron chi connectivity index (χ0n) is 14.3. The van der Waals surface area contributed by atoms with Crippen LogP contribution in [0.5, 0.6) is 0 Å². The predicted molar refractivity (Wildman–Crippen MR) is 84.8 cm³/mol. The molecule has 1 N–H and O–H groups in total. The molecule has 1 saturated heterocycles. The van der Waals surface area contributed by atoms with Crippen LogP contribution in [0.3, 0.4) is 0 Å². The summed E-state index contributed by atoms with van der Waals surface area (Å²) in [5.41, 5.74) is 1.75. The van der Waals surface area contributed by atoms with Crippen molar-refractivity contribution in [1.82, 2.24) is 25.1 Å². The fourth-order valence-corrected chi connectivity index (χ4v) is 3.16. The molecule has 3 rings (SSSR count). The maximum absolute atomic E-state index is 11.1. The predicted octanol–water partition coefficient (Wildman–Crippen LogP) is 1.95. The van der Waals surface area contributed by atoms with Gasteiger partial charge in [0.25, 0.3) is 0 Å². The Kier molecular flexibility index (Phi) is 4.25. The molecule has 0 radical (unpaired) electrons. The van der Waals surface area contributed by atoms with Crippen molar-refractivity contribution < 1.29 is 9.63 Å². The minimum Gasteiger partial charge on any atom is -0.382 e. The number of aromatic nitrogens is 4. The van der Waals surface area contributed by atoms with Crippen LogP contribution in [0.25, 0.3) is 0 Å². The monoisotopic (exact) mass is 319 g/mol. The number of aliphatic hydroxyl groups is 1. The standard InChI is InChI=1S/C16H25N5O2/c1-11(2)21-9-15(17-19-21)16(22)6-5-7-20(10-16)8-14-12(3)18-23-13(14)4/h9,11,22H,5-8,10H2,1-4H3/t16-/m1/s1. The molecule has 126 valence electrons. The third-order valence-electron chi connectivity index (χ3n) is 4.63. The van der Waals surface area contributed by atoms with Crippen molar-refractivity contribution in [2.24, 2.45) is 0 Å². The Morgan fingerprint density at radius 3 is 2.78 bits per heavy atom. The first-order valence-electron chi connectivity index (χ1n) is 8.18. The lowest BCUT2D eigenvalue weighted by Gasteiger charge is -2.37. The average molecular weight is 319 g/mol. The zero-order chi connectivity index (χ0) is 16.6. The maximum atomic E-state index is 11.1. The van der Waals surface area contributed by atoms with Gasteiger partial charge in [-0.2, -0.15) is 0 Å². The van der Waals surface area contributed by atoms with Crippen molar-refractivity contribution in [2.75, 3.05) is 13.1 Å². The van der Waals surface area contributed by atoms with Crippen LogP contribution in [0.4, 0.5) is 0 Å². The summed E-state index contributed by atoms with van der Waals surface area (Å²) in [6.45, 7) is 10.2. The lowest BCUT2D eigenvalue weighted by molar-refractivity contribution is -0.0416. The summed E-state index contributed by atoms with van der Waals surface area (Å²) >= 11 is 0. The van der Waals surface area contributed by atoms with Crippen LogP contribution in [-0.4, -0.2) is 43.2 Å². The van der Waals surface area contributed by atoms with E-state index in [1.807, 2.05) is 33.9 Å². The van der Waals surface area contributed by atoms with E-state index < -0.39 is 5.60 Å². The van der Waals surface area contributed by atoms with Gasteiger partial charge in [-0.3, -0.25) is 4.90 Å². The summed E-state index contributed by atoms with van der Waals surface area (Å²) in [5, 5.41) is 23.4. The number of hydrogen-bond donors (Lipinski definition) is 1. The molecule has 7 nitrogen and oxygen atoms in total. The van der Waals surface area contributed by atoms with Gasteiger partial charge in [0.15, 0.2) is 0 Å². The molecule has 7 heteroatoms. The number of piperidine rings is 1. The molecule has 1 atom stereocenters. The van der Waals surface area contributed by atoms with E-state index in [-0.39, 0.29) is 6.04 Å². The molecule has 1 aliphatic heterocycles. The summed E-state index contributed by atoms with van der Waals surface area (Å²) in [7, 11) is 0. The molecule has 2 aromatic heterocycles. The van der Waals surface area contributed by atoms with E-state index >= 15 is 0 Å². The largest absolute Gasteiger partial charge is 0.382 e. The molecule has 0 aromatic carbocycles. The minimum atomic E-state index is -0.940. The van der Waals surface area contributed by atoms with Gasteiger partial charge in [0.1, 0.15) is 17.1 Å². The molecule has 1 aliphatic rings. The maximum Gasteiger partial charge on any atom is 0.138 e. The van der Waals surface area contributed by atoms with E-state index in [9.17, 15) is 5.11 Å². The highest BCUT2D eigenvalue weighted by Gasteiger charge is 2.38. The number of likely N-dealkylation sites (tertiary alicyclic amines) is 1. The highest BCUT2D eigenvalue weighted by atomic mass is 16.5. The van der Waals surface area contributed by atoms with E-state index in [0.717, 1.165) is 36.5 Å². The van der Waals surface area contributed by atoms with Gasteiger partial charge in [0, 0.05) is 24.7 Å². The number of hydrogen-bond acceptors (Lipinski definition) is 6. The van der Waals surface area contributed by atoms with Gasteiger partial charge < -0.3 is 9.63 Å². The Balaban J connectivity index is 1.76. The lowest BCUT2D eigenvalue weighted by atomic mass is 9.89. The average Bonchev–Trinajstić information content (AvgIpc) is 3.11. The molecule has 1 fully saturated rings. The molecular formula is C16H25N5O2. The van der Waals surface area contributed by atoms with Crippen LogP contribution in [0.2, 0.25) is 0 Å². The Labute approximate surface area is 136 Å². The van der Waals surface area contributed by atoms with Gasteiger partial charge in [-0.1, -0.05) is 10.4 Å². The zero-order valence-corrected chi connectivity index (χ0v) is 14.3. The Bertz CT molecular complexity index is 658. The third kappa shape index (κ3) is 3.16. The second kappa shape index (κ2) is 6.05. The molecule has 0 amide bonds. The summed E-state index contributed by atoms with van der Waals surface area (Å²) in [6, 6.07) is 0.238. The second-order valence-electron chi connectivity index (χ2n) is 6.83. The summed E-state index contributed by atoms with van der Waals surface area (Å²) in [5.74, 6) is 0.849. The van der Waals surface area contributed by atoms with E-state index in [1.165, 1.54) is 0 Å². The molecule has 3 heterocycles. The Hall–Kier alpha value is -1.73. The molecule has 0 unspecified atom stereocenters. The van der Waals surface area contributed by atoms with E-state index in [4.69, 9.17) is 4.52 Å². The molecule has 2 aromatic rings. The van der Waals surface area contributed by atoms with Crippen LogP contribution in [0.1, 0.15) is 55.4 Å². The fraction of sp³-hybridized carbons (Fsp3) is 0.688. The lowest BCUT2D eigenvalue weighted by Crippen LogP contribution is -2.46. The van der Waals surface area contributed by atoms with Crippen molar-refractivity contribution >= 4 is 0 Å². The van der Waals surface area contributed by atoms with Crippen molar-refractivity contribution in [3.8, 4) is 0 Å². The smallest absolute Gasteiger partial charge is 0.138 e. The van der Waals surface area contributed by atoms with Crippen LogP contribution in [0, 0.1) is 13.8 Å². The minimum absolute atomic E-state index is 0.238. The van der Waals surface area contributed by atoms with E-state index in [2.05, 4.69) is 20.4 Å². The first-order valence-corrected chi connectivity index (χ1v) is 8.18. The van der Waals surface area contributed by atoms with Crippen molar-refractivity contribution in [2.45, 2.75) is 58.7 Å². The number of aryl methyl sites for hydroxylation is 2. The molecule has 0 saturated carbocycles. The normalized spacial score (nSPS) is 22.9. The number of nitrogens with zero attached hydrogens (tertiary/aromatic N) is 5. The summed E-state index contributed by atoms with van der Waals surface area (Å²) < 4.78 is 7.03. The third-order valence-corrected chi connectivity index (χ3v) is 4.63. The number of β-amino-alcohol motifs (C(OH)–C–C–N with tert-alkyl or cyclic N) is 1. The topological polar surface area (TPSA) is 80.2 Å². The number of rotatable bonds is 4. The van der Waals surface area contributed by atoms with Crippen LogP contribution >= 0.6 is 0 Å². The molecule has 0 spiro atoms. The van der Waals surface area contributed by atoms with Crippen LogP contribution in [-0.2, 0) is 12.1 Å². The highest BCUT2D eigenvalue weighted by molar-refractivity contribution is 5.21. The van der Waals surface area contributed by atoms with Crippen LogP contribution < -0.4 is 0 Å². The van der Waals surface area contributed by atoms with Crippen molar-refractivity contribution in [3.63, 3.8) is 0 Å². The quantitative estimate of drug-likeness (QED) is 0.928. The summed E-state index contributed by atoms with van der Waals surface area (Å²) in [6.07, 6.45) is 3.50. The SMILES string of the molecule is Cc1noc(C)c1CN1CCC[C@](O)(c2cn(C(C)C)nn2)C1. The van der Waals surface area contributed by atoms with E-state index in [0.29, 0.717) is 18.7 Å². The van der Waals surface area contributed by atoms with Gasteiger partial charge in [0.2, 0.25) is 0 Å². The summed E-state index contributed by atoms with van der Waals surface area (Å²) in [4.78, 5) is 2.24. The first kappa shape index (κ1) is 16.1. The molecular weight excluding hydrogens is 294 g/mol. The van der Waals surface area contributed by atoms with Gasteiger partial charge in [-0.05, 0) is 47.1 Å². The van der Waals surface area contributed by atoms with Gasteiger partial charge in [-0.15, -0.1) is 5.10 Å². The second-order valence-corrected chi connectivity index (χ2v) is 6.83. The van der Waals surface area contributed by atoms with Crippen molar-refractivity contribution in [3.05, 3.63) is 28.9 Å². The van der Waals surface area contributed by atoms with Gasteiger partial charge >= 0.3 is 0 Å². The fourth-order valence-electron chi connectivity index (χ4n) is 3.16. The first-order chi connectivity index (χ1) is 10.9. The molecule has 23 heavy (non-hydrogen) atoms.